The molecule has 0 saturated heterocycles. The zero-order chi connectivity index (χ0) is 34.7. The number of nitrogens with zero attached hydrogens (tertiary/aromatic N) is 1. The van der Waals surface area contributed by atoms with Crippen LogP contribution in [0, 0.1) is 17.9 Å². The van der Waals surface area contributed by atoms with Crippen molar-refractivity contribution in [2.75, 3.05) is 0 Å². The second-order valence-electron chi connectivity index (χ2n) is 13.5. The molecule has 50 heavy (non-hydrogen) atoms. The van der Waals surface area contributed by atoms with Gasteiger partial charge >= 0.3 is 0 Å². The first-order chi connectivity index (χ1) is 23.7. The number of hydrogen-bond donors (Lipinski definition) is 1. The first kappa shape index (κ1) is 37.0. The average Bonchev–Trinajstić information content (AvgIpc) is 3.50. The summed E-state index contributed by atoms with van der Waals surface area (Å²) in [5.74, 6) is 0.547. The van der Waals surface area contributed by atoms with Crippen molar-refractivity contribution in [3.63, 3.8) is 0 Å². The maximum absolute atomic E-state index is 11.7. The number of pyridine rings is 1. The third-order valence-corrected chi connectivity index (χ3v) is 10.3. The molecular weight excluding hydrogens is 795 g/mol. The van der Waals surface area contributed by atoms with Crippen molar-refractivity contribution in [3.8, 4) is 33.5 Å². The Bertz CT molecular complexity index is 2120. The minimum Gasteiger partial charge on any atom is -0.512 e. The zero-order valence-electron chi connectivity index (χ0n) is 29.8. The van der Waals surface area contributed by atoms with Crippen molar-refractivity contribution in [3.05, 3.63) is 126 Å². The fourth-order valence-electron chi connectivity index (χ4n) is 7.33. The summed E-state index contributed by atoms with van der Waals surface area (Å²) >= 11 is 0. The number of allylic oxidation sites excluding steroid dienone is 2. The van der Waals surface area contributed by atoms with Crippen molar-refractivity contribution in [2.45, 2.75) is 72.6 Å². The smallest absolute Gasteiger partial charge is 0.162 e. The van der Waals surface area contributed by atoms with Crippen LogP contribution < -0.4 is 0 Å². The van der Waals surface area contributed by atoms with Crippen LogP contribution in [0.5, 0.6) is 0 Å². The molecule has 5 heteroatoms. The topological polar surface area (TPSA) is 63.3 Å². The largest absolute Gasteiger partial charge is 0.512 e. The van der Waals surface area contributed by atoms with Gasteiger partial charge in [0.15, 0.2) is 5.78 Å². The van der Waals surface area contributed by atoms with Gasteiger partial charge in [0.05, 0.1) is 11.3 Å². The van der Waals surface area contributed by atoms with Crippen LogP contribution in [0.4, 0.5) is 0 Å². The second kappa shape index (κ2) is 15.7. The standard InChI is InChI=1S/C32H22NO.C13H24O2.Ir/c1-32(2)25-18-17-23(21-12-7-4-8-13-21)31-28(25)27-24(29-26(32)14-9-19-33-29)16-15-22(30(27)34-31)20-10-5-3-6-11-20;1-5-10(6-2)12(14)9-13(15)11(7-3)8-4;/h3-15,17-19H,1-2H3;9-11,14H,5-8H2,1-4H3;/q-1;;/b;12-9-;. The van der Waals surface area contributed by atoms with Gasteiger partial charge in [-0.1, -0.05) is 142 Å². The van der Waals surface area contributed by atoms with E-state index in [-0.39, 0.29) is 48.9 Å². The van der Waals surface area contributed by atoms with Crippen molar-refractivity contribution in [2.24, 2.45) is 11.8 Å². The van der Waals surface area contributed by atoms with Crippen LogP contribution in [0.3, 0.4) is 0 Å². The van der Waals surface area contributed by atoms with Gasteiger partial charge in [0, 0.05) is 55.2 Å². The van der Waals surface area contributed by atoms with Gasteiger partial charge in [-0.25, -0.2) is 0 Å². The molecular formula is C45H46IrNO3-. The molecule has 7 rings (SSSR count). The normalized spacial score (nSPS) is 13.2. The first-order valence-corrected chi connectivity index (χ1v) is 17.7. The van der Waals surface area contributed by atoms with Crippen molar-refractivity contribution < 1.29 is 34.4 Å². The molecule has 0 aliphatic heterocycles. The van der Waals surface area contributed by atoms with E-state index in [1.54, 1.807) is 0 Å². The van der Waals surface area contributed by atoms with Gasteiger partial charge in [0.25, 0.3) is 0 Å². The molecule has 1 N–H and O–H groups in total. The molecule has 0 spiro atoms. The van der Waals surface area contributed by atoms with E-state index in [2.05, 4.69) is 92.7 Å². The number of carbonyl (C=O) groups excluding carboxylic acids is 1. The fraction of sp³-hybridized carbons (Fsp3) is 0.289. The molecule has 2 heterocycles. The van der Waals surface area contributed by atoms with Crippen LogP contribution >= 0.6 is 0 Å². The number of aliphatic hydroxyl groups excluding tert-OH is 1. The van der Waals surface area contributed by atoms with Gasteiger partial charge in [0.2, 0.25) is 0 Å². The Labute approximate surface area is 310 Å². The molecule has 0 atom stereocenters. The van der Waals surface area contributed by atoms with E-state index < -0.39 is 0 Å². The number of fused-ring (bicyclic) bond motifs is 2. The number of aromatic nitrogens is 1. The van der Waals surface area contributed by atoms with Crippen LogP contribution in [0.25, 0.3) is 55.4 Å². The molecule has 1 aliphatic rings. The van der Waals surface area contributed by atoms with Crippen molar-refractivity contribution >= 4 is 27.7 Å². The summed E-state index contributed by atoms with van der Waals surface area (Å²) in [6, 6.07) is 35.3. The van der Waals surface area contributed by atoms with Gasteiger partial charge < -0.3 is 14.5 Å². The third-order valence-electron chi connectivity index (χ3n) is 10.3. The summed E-state index contributed by atoms with van der Waals surface area (Å²) < 4.78 is 6.84. The number of furan rings is 1. The predicted octanol–water partition coefficient (Wildman–Crippen LogP) is 12.3. The first-order valence-electron chi connectivity index (χ1n) is 17.7. The summed E-state index contributed by atoms with van der Waals surface area (Å²) in [7, 11) is 0. The maximum atomic E-state index is 11.7. The summed E-state index contributed by atoms with van der Waals surface area (Å²) in [6.45, 7) is 12.6. The van der Waals surface area contributed by atoms with Crippen molar-refractivity contribution in [1.29, 1.82) is 0 Å². The summed E-state index contributed by atoms with van der Waals surface area (Å²) in [4.78, 5) is 16.6. The Kier molecular flexibility index (Phi) is 11.6. The van der Waals surface area contributed by atoms with E-state index in [1.165, 1.54) is 22.6 Å². The van der Waals surface area contributed by atoms with Crippen LogP contribution in [-0.2, 0) is 30.3 Å². The SMILES string of the molecule is CC1(C)c2cccnc2-c2[c-]cc(-c3ccccc3)c3oc4c(-c5ccccc5)ccc1c4c23.CCC(CC)C(=O)/C=C(\O)C(CC)CC.[Ir]. The van der Waals surface area contributed by atoms with Crippen LogP contribution in [0.15, 0.2) is 113 Å². The molecule has 6 aromatic rings. The van der Waals surface area contributed by atoms with E-state index in [4.69, 9.17) is 9.40 Å². The maximum Gasteiger partial charge on any atom is 0.162 e. The molecule has 0 unspecified atom stereocenters. The molecule has 0 amide bonds. The zero-order valence-corrected chi connectivity index (χ0v) is 32.2. The Balaban J connectivity index is 0.000000261. The Morgan fingerprint density at radius 1 is 0.760 bits per heavy atom. The third kappa shape index (κ3) is 6.74. The summed E-state index contributed by atoms with van der Waals surface area (Å²) in [5.41, 5.74) is 10.5. The number of benzene rings is 4. The summed E-state index contributed by atoms with van der Waals surface area (Å²) in [6.07, 6.45) is 6.78. The number of aliphatic hydroxyl groups is 1. The number of carbonyl (C=O) groups is 1. The van der Waals surface area contributed by atoms with Gasteiger partial charge in [-0.2, -0.15) is 0 Å². The van der Waals surface area contributed by atoms with E-state index >= 15 is 0 Å². The van der Waals surface area contributed by atoms with Gasteiger partial charge in [-0.05, 0) is 54.0 Å². The van der Waals surface area contributed by atoms with Gasteiger partial charge in [-0.15, -0.1) is 17.7 Å². The fourth-order valence-corrected chi connectivity index (χ4v) is 7.33. The van der Waals surface area contributed by atoms with Gasteiger partial charge in [-0.3, -0.25) is 4.79 Å². The molecule has 2 aromatic heterocycles. The second-order valence-corrected chi connectivity index (χ2v) is 13.5. The van der Waals surface area contributed by atoms with E-state index in [9.17, 15) is 9.90 Å². The number of rotatable bonds is 9. The molecule has 4 aromatic carbocycles. The minimum atomic E-state index is -0.242. The molecule has 0 saturated carbocycles. The molecule has 0 fully saturated rings. The number of ketones is 1. The van der Waals surface area contributed by atoms with E-state index in [1.807, 2.05) is 52.1 Å². The number of hydrogen-bond acceptors (Lipinski definition) is 4. The van der Waals surface area contributed by atoms with Gasteiger partial charge in [0.1, 0.15) is 5.58 Å². The Morgan fingerprint density at radius 3 is 1.94 bits per heavy atom. The minimum absolute atomic E-state index is 0. The Hall–Kier alpha value is -4.31. The van der Waals surface area contributed by atoms with E-state index in [0.29, 0.717) is 0 Å². The molecule has 4 nitrogen and oxygen atoms in total. The Morgan fingerprint density at radius 2 is 1.34 bits per heavy atom. The average molecular weight is 841 g/mol. The molecule has 1 radical (unpaired) electrons. The quantitative estimate of drug-likeness (QED) is 0.0895. The van der Waals surface area contributed by atoms with Crippen molar-refractivity contribution in [1.82, 2.24) is 4.98 Å². The van der Waals surface area contributed by atoms with Crippen LogP contribution in [-0.4, -0.2) is 15.9 Å². The predicted molar refractivity (Wildman–Crippen MR) is 203 cm³/mol. The molecule has 259 valence electrons. The monoisotopic (exact) mass is 841 g/mol. The van der Waals surface area contributed by atoms with Crippen LogP contribution in [0.2, 0.25) is 0 Å². The molecule has 1 aliphatic carbocycles. The van der Waals surface area contributed by atoms with E-state index in [0.717, 1.165) is 75.7 Å². The van der Waals surface area contributed by atoms with Crippen LogP contribution in [0.1, 0.15) is 78.4 Å². The molecule has 0 bridgehead atoms. The summed E-state index contributed by atoms with van der Waals surface area (Å²) in [5, 5.41) is 12.0.